The highest BCUT2D eigenvalue weighted by atomic mass is 15.3. The molecule has 0 radical (unpaired) electrons. The van der Waals surface area contributed by atoms with Gasteiger partial charge >= 0.3 is 0 Å². The van der Waals surface area contributed by atoms with Gasteiger partial charge in [0, 0.05) is 0 Å². The van der Waals surface area contributed by atoms with Crippen LogP contribution < -0.4 is 0 Å². The maximum Gasteiger partial charge on any atom is 0.0772 e. The summed E-state index contributed by atoms with van der Waals surface area (Å²) in [6.45, 7) is 1.94. The van der Waals surface area contributed by atoms with E-state index in [0.29, 0.717) is 0 Å². The first-order chi connectivity index (χ1) is 5.00. The number of nitriles is 1. The van der Waals surface area contributed by atoms with E-state index in [1.54, 1.807) is 0 Å². The van der Waals surface area contributed by atoms with Gasteiger partial charge in [-0.3, -0.25) is 9.80 Å². The van der Waals surface area contributed by atoms with E-state index in [1.165, 1.54) is 0 Å². The van der Waals surface area contributed by atoms with Crippen LogP contribution in [0.5, 0.6) is 0 Å². The average molecular weight is 155 g/mol. The standard InChI is InChI=1S/C8H17N3/c1-7(6-9)8(10(2)3)11(4)5/h7-8H,1-5H3. The minimum atomic E-state index is 0.0417. The van der Waals surface area contributed by atoms with Gasteiger partial charge in [0.15, 0.2) is 0 Å². The summed E-state index contributed by atoms with van der Waals surface area (Å²) in [6, 6.07) is 2.24. The SMILES string of the molecule is CC(C#N)C(N(C)C)N(C)C. The summed E-state index contributed by atoms with van der Waals surface area (Å²) in [5.41, 5.74) is 0. The van der Waals surface area contributed by atoms with Crippen LogP contribution in [0.3, 0.4) is 0 Å². The van der Waals surface area contributed by atoms with Crippen molar-refractivity contribution in [3.63, 3.8) is 0 Å². The highest BCUT2D eigenvalue weighted by Crippen LogP contribution is 2.08. The fourth-order valence-corrected chi connectivity index (χ4v) is 1.42. The molecule has 0 aliphatic rings. The van der Waals surface area contributed by atoms with Gasteiger partial charge in [-0.1, -0.05) is 0 Å². The number of nitrogens with zero attached hydrogens (tertiary/aromatic N) is 3. The molecule has 0 heterocycles. The van der Waals surface area contributed by atoms with Gasteiger partial charge in [-0.15, -0.1) is 0 Å². The molecular weight excluding hydrogens is 138 g/mol. The molecule has 3 nitrogen and oxygen atoms in total. The molecule has 0 amide bonds. The fourth-order valence-electron chi connectivity index (χ4n) is 1.42. The van der Waals surface area contributed by atoms with Crippen molar-refractivity contribution in [2.24, 2.45) is 5.92 Å². The van der Waals surface area contributed by atoms with Crippen molar-refractivity contribution in [1.82, 2.24) is 9.80 Å². The Kier molecular flexibility index (Phi) is 4.09. The Morgan fingerprint density at radius 1 is 1.09 bits per heavy atom. The fraction of sp³-hybridized carbons (Fsp3) is 0.875. The van der Waals surface area contributed by atoms with E-state index in [-0.39, 0.29) is 12.1 Å². The predicted molar refractivity (Wildman–Crippen MR) is 45.9 cm³/mol. The third-order valence-electron chi connectivity index (χ3n) is 1.71. The topological polar surface area (TPSA) is 30.3 Å². The Labute approximate surface area is 69.2 Å². The first-order valence-corrected chi connectivity index (χ1v) is 3.73. The molecule has 0 aromatic rings. The third kappa shape index (κ3) is 2.87. The molecule has 1 unspecified atom stereocenters. The maximum atomic E-state index is 8.70. The summed E-state index contributed by atoms with van der Waals surface area (Å²) in [5, 5.41) is 8.70. The Balaban J connectivity index is 4.24. The molecule has 0 aromatic heterocycles. The van der Waals surface area contributed by atoms with Gasteiger partial charge in [-0.25, -0.2) is 0 Å². The molecular formula is C8H17N3. The van der Waals surface area contributed by atoms with E-state index < -0.39 is 0 Å². The highest BCUT2D eigenvalue weighted by Gasteiger charge is 2.20. The van der Waals surface area contributed by atoms with Crippen LogP contribution in [-0.2, 0) is 0 Å². The highest BCUT2D eigenvalue weighted by molar-refractivity contribution is 4.87. The van der Waals surface area contributed by atoms with Crippen LogP contribution in [0.4, 0.5) is 0 Å². The monoisotopic (exact) mass is 155 g/mol. The maximum absolute atomic E-state index is 8.70. The lowest BCUT2D eigenvalue weighted by molar-refractivity contribution is 0.0988. The lowest BCUT2D eigenvalue weighted by atomic mass is 10.1. The zero-order valence-corrected chi connectivity index (χ0v) is 8.00. The molecule has 0 bridgehead atoms. The second kappa shape index (κ2) is 4.32. The number of rotatable bonds is 3. The van der Waals surface area contributed by atoms with E-state index >= 15 is 0 Å². The van der Waals surface area contributed by atoms with Gasteiger partial charge in [0.05, 0.1) is 18.2 Å². The zero-order chi connectivity index (χ0) is 9.02. The Morgan fingerprint density at radius 2 is 1.45 bits per heavy atom. The van der Waals surface area contributed by atoms with Crippen LogP contribution in [0.25, 0.3) is 0 Å². The second-order valence-electron chi connectivity index (χ2n) is 3.26. The van der Waals surface area contributed by atoms with Gasteiger partial charge in [0.1, 0.15) is 0 Å². The van der Waals surface area contributed by atoms with Gasteiger partial charge in [0.2, 0.25) is 0 Å². The zero-order valence-electron chi connectivity index (χ0n) is 8.00. The molecule has 0 saturated heterocycles. The normalized spacial score (nSPS) is 14.1. The molecule has 3 heteroatoms. The number of hydrogen-bond donors (Lipinski definition) is 0. The lowest BCUT2D eigenvalue weighted by Crippen LogP contribution is -2.44. The first kappa shape index (κ1) is 10.4. The number of hydrogen-bond acceptors (Lipinski definition) is 3. The van der Waals surface area contributed by atoms with Crippen molar-refractivity contribution in [3.05, 3.63) is 0 Å². The van der Waals surface area contributed by atoms with E-state index in [4.69, 9.17) is 5.26 Å². The van der Waals surface area contributed by atoms with Crippen molar-refractivity contribution in [2.45, 2.75) is 13.1 Å². The predicted octanol–water partition coefficient (Wildman–Crippen LogP) is 0.595. The molecule has 0 aliphatic carbocycles. The molecule has 0 aromatic carbocycles. The smallest absolute Gasteiger partial charge is 0.0772 e. The summed E-state index contributed by atoms with van der Waals surface area (Å²) < 4.78 is 0. The van der Waals surface area contributed by atoms with Crippen LogP contribution in [0, 0.1) is 17.2 Å². The minimum absolute atomic E-state index is 0.0417. The average Bonchev–Trinajstić information content (AvgIpc) is 1.85. The first-order valence-electron chi connectivity index (χ1n) is 3.73. The molecule has 0 fully saturated rings. The van der Waals surface area contributed by atoms with Gasteiger partial charge in [-0.05, 0) is 35.1 Å². The lowest BCUT2D eigenvalue weighted by Gasteiger charge is -2.32. The van der Waals surface area contributed by atoms with Crippen LogP contribution in [0.2, 0.25) is 0 Å². The van der Waals surface area contributed by atoms with E-state index in [2.05, 4.69) is 6.07 Å². The van der Waals surface area contributed by atoms with Gasteiger partial charge < -0.3 is 0 Å². The molecule has 11 heavy (non-hydrogen) atoms. The van der Waals surface area contributed by atoms with E-state index in [9.17, 15) is 0 Å². The second-order valence-corrected chi connectivity index (χ2v) is 3.26. The van der Waals surface area contributed by atoms with Crippen molar-refractivity contribution >= 4 is 0 Å². The van der Waals surface area contributed by atoms with Crippen molar-refractivity contribution < 1.29 is 0 Å². The molecule has 64 valence electrons. The quantitative estimate of drug-likeness (QED) is 0.559. The minimum Gasteiger partial charge on any atom is -0.293 e. The van der Waals surface area contributed by atoms with Gasteiger partial charge in [0.25, 0.3) is 0 Å². The summed E-state index contributed by atoms with van der Waals surface area (Å²) in [5.74, 6) is 0.0417. The Hall–Kier alpha value is -0.590. The van der Waals surface area contributed by atoms with Crippen molar-refractivity contribution in [3.8, 4) is 6.07 Å². The van der Waals surface area contributed by atoms with Crippen LogP contribution in [0.1, 0.15) is 6.92 Å². The summed E-state index contributed by atoms with van der Waals surface area (Å²) in [6.07, 6.45) is 0.208. The summed E-state index contributed by atoms with van der Waals surface area (Å²) >= 11 is 0. The molecule has 0 aliphatic heterocycles. The largest absolute Gasteiger partial charge is 0.293 e. The Morgan fingerprint density at radius 3 is 1.55 bits per heavy atom. The summed E-state index contributed by atoms with van der Waals surface area (Å²) in [4.78, 5) is 4.10. The molecule has 0 saturated carbocycles. The van der Waals surface area contributed by atoms with Crippen LogP contribution >= 0.6 is 0 Å². The Bertz CT molecular complexity index is 138. The van der Waals surface area contributed by atoms with Crippen LogP contribution in [-0.4, -0.2) is 44.2 Å². The van der Waals surface area contributed by atoms with Crippen molar-refractivity contribution in [1.29, 1.82) is 5.26 Å². The molecule has 0 rings (SSSR count). The van der Waals surface area contributed by atoms with E-state index in [0.717, 1.165) is 0 Å². The molecule has 1 atom stereocenters. The van der Waals surface area contributed by atoms with E-state index in [1.807, 2.05) is 44.9 Å². The van der Waals surface area contributed by atoms with Gasteiger partial charge in [-0.2, -0.15) is 5.26 Å². The molecule has 0 N–H and O–H groups in total. The van der Waals surface area contributed by atoms with Crippen molar-refractivity contribution in [2.75, 3.05) is 28.2 Å². The third-order valence-corrected chi connectivity index (χ3v) is 1.71. The molecule has 0 spiro atoms. The summed E-state index contributed by atoms with van der Waals surface area (Å²) in [7, 11) is 7.94. The van der Waals surface area contributed by atoms with Crippen LogP contribution in [0.15, 0.2) is 0 Å².